The molecule has 0 aliphatic rings. The monoisotopic (exact) mass is 295 g/mol. The van der Waals surface area contributed by atoms with Gasteiger partial charge in [0.25, 0.3) is 5.91 Å². The fourth-order valence-electron chi connectivity index (χ4n) is 2.24. The molecule has 1 atom stereocenters. The van der Waals surface area contributed by atoms with E-state index < -0.39 is 0 Å². The molecule has 0 saturated carbocycles. The molecule has 0 spiro atoms. The molecule has 4 heteroatoms. The van der Waals surface area contributed by atoms with Gasteiger partial charge in [0.05, 0.1) is 0 Å². The summed E-state index contributed by atoms with van der Waals surface area (Å²) >= 11 is 1.64. The summed E-state index contributed by atoms with van der Waals surface area (Å²) in [6.07, 6.45) is 4.86. The lowest BCUT2D eigenvalue weighted by Gasteiger charge is -2.16. The standard InChI is InChI=1S/C16H25NO2S/c1-4-5-13(8-9-18)11-17-16(19)15-10-14(20-3)7-6-12(15)2/h6-7,10,13,18H,4-5,8-9,11H2,1-3H3,(H,17,19). The van der Waals surface area contributed by atoms with Crippen LogP contribution in [0.1, 0.15) is 42.1 Å². The van der Waals surface area contributed by atoms with E-state index in [2.05, 4.69) is 12.2 Å². The second-order valence-corrected chi connectivity index (χ2v) is 5.94. The van der Waals surface area contributed by atoms with Crippen LogP contribution >= 0.6 is 11.8 Å². The van der Waals surface area contributed by atoms with Gasteiger partial charge in [-0.05, 0) is 49.6 Å². The number of amides is 1. The summed E-state index contributed by atoms with van der Waals surface area (Å²) in [6.45, 7) is 4.90. The predicted octanol–water partition coefficient (Wildman–Crippen LogP) is 3.25. The van der Waals surface area contributed by atoms with Gasteiger partial charge in [-0.2, -0.15) is 0 Å². The molecule has 0 aliphatic heterocycles. The minimum atomic E-state index is -0.0163. The number of nitrogens with one attached hydrogen (secondary N) is 1. The third kappa shape index (κ3) is 5.17. The Kier molecular flexibility index (Phi) is 7.70. The van der Waals surface area contributed by atoms with Crippen LogP contribution in [-0.2, 0) is 0 Å². The molecule has 0 aliphatic carbocycles. The van der Waals surface area contributed by atoms with Crippen molar-refractivity contribution in [1.29, 1.82) is 0 Å². The molecule has 0 saturated heterocycles. The molecule has 0 aromatic heterocycles. The second kappa shape index (κ2) is 9.03. The highest BCUT2D eigenvalue weighted by molar-refractivity contribution is 7.98. The van der Waals surface area contributed by atoms with Gasteiger partial charge in [-0.1, -0.05) is 19.4 Å². The Morgan fingerprint density at radius 3 is 2.75 bits per heavy atom. The van der Waals surface area contributed by atoms with Crippen LogP contribution in [0.5, 0.6) is 0 Å². The molecule has 0 fully saturated rings. The molecule has 2 N–H and O–H groups in total. The summed E-state index contributed by atoms with van der Waals surface area (Å²) in [6, 6.07) is 5.95. The van der Waals surface area contributed by atoms with E-state index in [0.717, 1.165) is 35.3 Å². The van der Waals surface area contributed by atoms with Crippen molar-refractivity contribution in [1.82, 2.24) is 5.32 Å². The molecular formula is C16H25NO2S. The van der Waals surface area contributed by atoms with Crippen LogP contribution in [0.4, 0.5) is 0 Å². The van der Waals surface area contributed by atoms with Crippen LogP contribution in [0, 0.1) is 12.8 Å². The van der Waals surface area contributed by atoms with Crippen molar-refractivity contribution in [2.24, 2.45) is 5.92 Å². The minimum Gasteiger partial charge on any atom is -0.396 e. The Labute approximate surface area is 126 Å². The van der Waals surface area contributed by atoms with Crippen molar-refractivity contribution < 1.29 is 9.90 Å². The molecule has 112 valence electrons. The van der Waals surface area contributed by atoms with Gasteiger partial charge in [0.2, 0.25) is 0 Å². The molecule has 1 aromatic rings. The van der Waals surface area contributed by atoms with E-state index in [9.17, 15) is 4.79 Å². The number of aliphatic hydroxyl groups is 1. The SMILES string of the molecule is CCCC(CCO)CNC(=O)c1cc(SC)ccc1C. The highest BCUT2D eigenvalue weighted by Crippen LogP contribution is 2.19. The number of carbonyl (C=O) groups excluding carboxylic acids is 1. The van der Waals surface area contributed by atoms with E-state index in [4.69, 9.17) is 5.11 Å². The predicted molar refractivity (Wildman–Crippen MR) is 85.4 cm³/mol. The average Bonchev–Trinajstić information content (AvgIpc) is 2.45. The van der Waals surface area contributed by atoms with E-state index in [0.29, 0.717) is 12.5 Å². The highest BCUT2D eigenvalue weighted by atomic mass is 32.2. The first-order valence-corrected chi connectivity index (χ1v) is 8.38. The van der Waals surface area contributed by atoms with E-state index >= 15 is 0 Å². The van der Waals surface area contributed by atoms with Crippen LogP contribution in [0.2, 0.25) is 0 Å². The molecule has 1 rings (SSSR count). The van der Waals surface area contributed by atoms with Gasteiger partial charge in [-0.3, -0.25) is 4.79 Å². The van der Waals surface area contributed by atoms with E-state index in [-0.39, 0.29) is 12.5 Å². The third-order valence-electron chi connectivity index (χ3n) is 3.47. The first kappa shape index (κ1) is 17.1. The van der Waals surface area contributed by atoms with Gasteiger partial charge in [0, 0.05) is 23.6 Å². The van der Waals surface area contributed by atoms with Crippen LogP contribution in [0.25, 0.3) is 0 Å². The number of hydrogen-bond donors (Lipinski definition) is 2. The smallest absolute Gasteiger partial charge is 0.251 e. The summed E-state index contributed by atoms with van der Waals surface area (Å²) in [5, 5.41) is 12.0. The Balaban J connectivity index is 2.65. The zero-order chi connectivity index (χ0) is 15.0. The molecule has 1 amide bonds. The van der Waals surface area contributed by atoms with Crippen molar-refractivity contribution >= 4 is 17.7 Å². The van der Waals surface area contributed by atoms with Crippen molar-refractivity contribution in [3.05, 3.63) is 29.3 Å². The molecule has 1 aromatic carbocycles. The van der Waals surface area contributed by atoms with E-state index in [1.165, 1.54) is 0 Å². The van der Waals surface area contributed by atoms with Gasteiger partial charge >= 0.3 is 0 Å². The number of rotatable bonds is 8. The molecular weight excluding hydrogens is 270 g/mol. The zero-order valence-electron chi connectivity index (χ0n) is 12.6. The van der Waals surface area contributed by atoms with Crippen LogP contribution in [0.15, 0.2) is 23.1 Å². The lowest BCUT2D eigenvalue weighted by molar-refractivity contribution is 0.0942. The molecule has 1 unspecified atom stereocenters. The molecule has 0 bridgehead atoms. The highest BCUT2D eigenvalue weighted by Gasteiger charge is 2.13. The molecule has 3 nitrogen and oxygen atoms in total. The van der Waals surface area contributed by atoms with Gasteiger partial charge in [-0.15, -0.1) is 11.8 Å². The Morgan fingerprint density at radius 1 is 1.40 bits per heavy atom. The summed E-state index contributed by atoms with van der Waals surface area (Å²) < 4.78 is 0. The first-order valence-electron chi connectivity index (χ1n) is 7.16. The first-order chi connectivity index (χ1) is 9.62. The summed E-state index contributed by atoms with van der Waals surface area (Å²) in [5.74, 6) is 0.343. The van der Waals surface area contributed by atoms with Gasteiger partial charge < -0.3 is 10.4 Å². The van der Waals surface area contributed by atoms with Crippen molar-refractivity contribution in [3.8, 4) is 0 Å². The Bertz CT molecular complexity index is 428. The van der Waals surface area contributed by atoms with Crippen molar-refractivity contribution in [3.63, 3.8) is 0 Å². The molecule has 0 radical (unpaired) electrons. The van der Waals surface area contributed by atoms with Gasteiger partial charge in [0.15, 0.2) is 0 Å². The number of carbonyl (C=O) groups is 1. The van der Waals surface area contributed by atoms with Crippen LogP contribution in [-0.4, -0.2) is 30.4 Å². The second-order valence-electron chi connectivity index (χ2n) is 5.06. The normalized spacial score (nSPS) is 12.2. The number of aryl methyl sites for hydroxylation is 1. The number of hydrogen-bond acceptors (Lipinski definition) is 3. The lowest BCUT2D eigenvalue weighted by atomic mass is 10.00. The van der Waals surface area contributed by atoms with Crippen LogP contribution in [0.3, 0.4) is 0 Å². The maximum atomic E-state index is 12.3. The lowest BCUT2D eigenvalue weighted by Crippen LogP contribution is -2.30. The Morgan fingerprint density at radius 2 is 2.15 bits per heavy atom. The fourth-order valence-corrected chi connectivity index (χ4v) is 2.68. The van der Waals surface area contributed by atoms with Gasteiger partial charge in [0.1, 0.15) is 0 Å². The quantitative estimate of drug-likeness (QED) is 0.724. The average molecular weight is 295 g/mol. The van der Waals surface area contributed by atoms with Crippen LogP contribution < -0.4 is 5.32 Å². The largest absolute Gasteiger partial charge is 0.396 e. The number of thioether (sulfide) groups is 1. The van der Waals surface area contributed by atoms with E-state index in [1.807, 2.05) is 31.4 Å². The summed E-state index contributed by atoms with van der Waals surface area (Å²) in [4.78, 5) is 13.4. The third-order valence-corrected chi connectivity index (χ3v) is 4.20. The number of aliphatic hydroxyl groups excluding tert-OH is 1. The summed E-state index contributed by atoms with van der Waals surface area (Å²) in [5.41, 5.74) is 1.74. The molecule has 0 heterocycles. The minimum absolute atomic E-state index is 0.0163. The summed E-state index contributed by atoms with van der Waals surface area (Å²) in [7, 11) is 0. The topological polar surface area (TPSA) is 49.3 Å². The molecule has 20 heavy (non-hydrogen) atoms. The van der Waals surface area contributed by atoms with Gasteiger partial charge in [-0.25, -0.2) is 0 Å². The maximum absolute atomic E-state index is 12.3. The zero-order valence-corrected chi connectivity index (χ0v) is 13.4. The fraction of sp³-hybridized carbons (Fsp3) is 0.562. The van der Waals surface area contributed by atoms with Crippen molar-refractivity contribution in [2.45, 2.75) is 38.0 Å². The van der Waals surface area contributed by atoms with Crippen molar-refractivity contribution in [2.75, 3.05) is 19.4 Å². The maximum Gasteiger partial charge on any atom is 0.251 e. The van der Waals surface area contributed by atoms with E-state index in [1.54, 1.807) is 11.8 Å². The Hall–Kier alpha value is -1.00. The number of benzene rings is 1.